The van der Waals surface area contributed by atoms with E-state index in [4.69, 9.17) is 4.74 Å². The minimum atomic E-state index is -0.554. The lowest BCUT2D eigenvalue weighted by molar-refractivity contribution is 0.142. The highest BCUT2D eigenvalue weighted by atomic mass is 19.1. The zero-order valence-electron chi connectivity index (χ0n) is 17.5. The van der Waals surface area contributed by atoms with E-state index in [1.807, 2.05) is 43.4 Å². The van der Waals surface area contributed by atoms with Crippen molar-refractivity contribution in [3.05, 3.63) is 48.9 Å². The van der Waals surface area contributed by atoms with E-state index in [2.05, 4.69) is 25.5 Å². The van der Waals surface area contributed by atoms with Crippen LogP contribution in [0.1, 0.15) is 25.7 Å². The molecule has 0 amide bonds. The van der Waals surface area contributed by atoms with Gasteiger partial charge in [0.2, 0.25) is 0 Å². The van der Waals surface area contributed by atoms with Gasteiger partial charge < -0.3 is 10.1 Å². The fourth-order valence-electron chi connectivity index (χ4n) is 4.16. The summed E-state index contributed by atoms with van der Waals surface area (Å²) < 4.78 is 23.2. The smallest absolute Gasteiger partial charge is 0.255 e. The minimum Gasteiger partial charge on any atom is -0.486 e. The molecule has 0 bridgehead atoms. The predicted molar refractivity (Wildman–Crippen MR) is 115 cm³/mol. The number of hydrogen-bond acceptors (Lipinski definition) is 6. The largest absolute Gasteiger partial charge is 0.486 e. The molecule has 1 aliphatic rings. The number of pyridine rings is 2. The molecule has 4 aromatic heterocycles. The Bertz CT molecular complexity index is 1210. The second kappa shape index (κ2) is 7.98. The molecule has 0 aliphatic heterocycles. The molecule has 1 N–H and O–H groups in total. The summed E-state index contributed by atoms with van der Waals surface area (Å²) in [4.78, 5) is 8.27. The van der Waals surface area contributed by atoms with E-state index >= 15 is 0 Å². The molecule has 0 radical (unpaired) electrons. The van der Waals surface area contributed by atoms with Crippen LogP contribution in [0.15, 0.2) is 43.0 Å². The van der Waals surface area contributed by atoms with Crippen molar-refractivity contribution in [1.29, 1.82) is 0 Å². The molecule has 4 aromatic rings. The third kappa shape index (κ3) is 3.95. The van der Waals surface area contributed by atoms with Crippen LogP contribution in [0.25, 0.3) is 22.2 Å². The highest BCUT2D eigenvalue weighted by Crippen LogP contribution is 2.30. The summed E-state index contributed by atoms with van der Waals surface area (Å²) in [6, 6.07) is 5.65. The Morgan fingerprint density at radius 2 is 1.97 bits per heavy atom. The summed E-state index contributed by atoms with van der Waals surface area (Å²) >= 11 is 0. The Kier molecular flexibility index (Phi) is 5.01. The van der Waals surface area contributed by atoms with Gasteiger partial charge in [0.15, 0.2) is 5.75 Å². The van der Waals surface area contributed by atoms with Crippen molar-refractivity contribution < 1.29 is 9.13 Å². The number of rotatable bonds is 5. The summed E-state index contributed by atoms with van der Waals surface area (Å²) in [5, 5.41) is 13.4. The van der Waals surface area contributed by atoms with Crippen molar-refractivity contribution in [2.24, 2.45) is 14.1 Å². The molecular weight excluding hydrogens is 397 g/mol. The molecule has 8 nitrogen and oxygen atoms in total. The SMILES string of the molecule is Cn1cc(-c2nn(C)c3cc(NC4CCC(Oc5cccnc5F)CC4)ncc23)cn1. The summed E-state index contributed by atoms with van der Waals surface area (Å²) in [7, 11) is 3.83. The number of nitrogens with one attached hydrogen (secondary N) is 1. The number of aromatic nitrogens is 6. The Balaban J connectivity index is 1.25. The maximum atomic E-state index is 13.7. The second-order valence-electron chi connectivity index (χ2n) is 7.99. The molecule has 31 heavy (non-hydrogen) atoms. The Morgan fingerprint density at radius 3 is 2.71 bits per heavy atom. The molecule has 0 atom stereocenters. The third-order valence-corrected chi connectivity index (χ3v) is 5.76. The molecule has 1 saturated carbocycles. The first-order valence-corrected chi connectivity index (χ1v) is 10.4. The second-order valence-corrected chi connectivity index (χ2v) is 7.99. The number of fused-ring (bicyclic) bond motifs is 1. The average Bonchev–Trinajstić information content (AvgIpc) is 3.34. The topological polar surface area (TPSA) is 82.7 Å². The predicted octanol–water partition coefficient (Wildman–Crippen LogP) is 3.71. The van der Waals surface area contributed by atoms with Gasteiger partial charge in [-0.1, -0.05) is 0 Å². The maximum absolute atomic E-state index is 13.7. The zero-order chi connectivity index (χ0) is 21.4. The Morgan fingerprint density at radius 1 is 1.13 bits per heavy atom. The lowest BCUT2D eigenvalue weighted by atomic mass is 9.93. The van der Waals surface area contributed by atoms with E-state index in [-0.39, 0.29) is 11.9 Å². The quantitative estimate of drug-likeness (QED) is 0.495. The van der Waals surface area contributed by atoms with Gasteiger partial charge in [0.05, 0.1) is 17.8 Å². The van der Waals surface area contributed by atoms with Crippen LogP contribution < -0.4 is 10.1 Å². The van der Waals surface area contributed by atoms with Gasteiger partial charge in [-0.2, -0.15) is 14.6 Å². The van der Waals surface area contributed by atoms with E-state index in [0.29, 0.717) is 6.04 Å². The van der Waals surface area contributed by atoms with Crippen LogP contribution in [-0.4, -0.2) is 41.7 Å². The number of ether oxygens (including phenoxy) is 1. The molecule has 1 fully saturated rings. The van der Waals surface area contributed by atoms with Crippen LogP contribution in [0.3, 0.4) is 0 Å². The van der Waals surface area contributed by atoms with Crippen molar-refractivity contribution >= 4 is 16.7 Å². The highest BCUT2D eigenvalue weighted by Gasteiger charge is 2.24. The van der Waals surface area contributed by atoms with Gasteiger partial charge >= 0.3 is 0 Å². The summed E-state index contributed by atoms with van der Waals surface area (Å²) in [6.07, 6.45) is 10.6. The van der Waals surface area contributed by atoms with Crippen LogP contribution >= 0.6 is 0 Å². The van der Waals surface area contributed by atoms with Crippen LogP contribution in [0.4, 0.5) is 10.2 Å². The number of hydrogen-bond donors (Lipinski definition) is 1. The maximum Gasteiger partial charge on any atom is 0.255 e. The summed E-state index contributed by atoms with van der Waals surface area (Å²) in [5.74, 6) is 0.504. The minimum absolute atomic E-state index is 0.00584. The number of aryl methyl sites for hydroxylation is 2. The van der Waals surface area contributed by atoms with Crippen LogP contribution in [-0.2, 0) is 14.1 Å². The van der Waals surface area contributed by atoms with Gasteiger partial charge in [-0.25, -0.2) is 9.97 Å². The molecule has 0 spiro atoms. The molecular formula is C22H24FN7O. The lowest BCUT2D eigenvalue weighted by Gasteiger charge is -2.29. The molecule has 0 unspecified atom stereocenters. The van der Waals surface area contributed by atoms with Crippen molar-refractivity contribution in [2.45, 2.75) is 37.8 Å². The van der Waals surface area contributed by atoms with E-state index in [9.17, 15) is 4.39 Å². The highest BCUT2D eigenvalue weighted by molar-refractivity contribution is 5.93. The number of anilines is 1. The standard InChI is InChI=1S/C22H24FN7O/c1-29-13-14(11-26-29)21-17-12-25-20(10-18(17)30(2)28-21)27-15-5-7-16(8-6-15)31-19-4-3-9-24-22(19)23/h3-4,9-13,15-16H,5-8H2,1-2H3,(H,25,27). The summed E-state index contributed by atoms with van der Waals surface area (Å²) in [5.41, 5.74) is 2.87. The monoisotopic (exact) mass is 421 g/mol. The van der Waals surface area contributed by atoms with Crippen molar-refractivity contribution in [3.63, 3.8) is 0 Å². The van der Waals surface area contributed by atoms with Crippen LogP contribution in [0.2, 0.25) is 0 Å². The molecule has 0 saturated heterocycles. The Labute approximate surface area is 179 Å². The lowest BCUT2D eigenvalue weighted by Crippen LogP contribution is -2.31. The molecule has 1 aliphatic carbocycles. The van der Waals surface area contributed by atoms with E-state index in [1.165, 1.54) is 6.20 Å². The number of halogens is 1. The van der Waals surface area contributed by atoms with Gasteiger partial charge in [0, 0.05) is 55.7 Å². The number of nitrogens with zero attached hydrogens (tertiary/aromatic N) is 6. The van der Waals surface area contributed by atoms with Crippen LogP contribution in [0, 0.1) is 5.95 Å². The van der Waals surface area contributed by atoms with E-state index in [1.54, 1.807) is 16.8 Å². The van der Waals surface area contributed by atoms with Gasteiger partial charge in [-0.3, -0.25) is 9.36 Å². The molecule has 4 heterocycles. The first kappa shape index (κ1) is 19.5. The molecule has 0 aromatic carbocycles. The van der Waals surface area contributed by atoms with Gasteiger partial charge in [0.1, 0.15) is 11.5 Å². The van der Waals surface area contributed by atoms with Gasteiger partial charge in [-0.15, -0.1) is 0 Å². The first-order chi connectivity index (χ1) is 15.1. The van der Waals surface area contributed by atoms with E-state index < -0.39 is 5.95 Å². The fourth-order valence-corrected chi connectivity index (χ4v) is 4.16. The third-order valence-electron chi connectivity index (χ3n) is 5.76. The molecule has 5 rings (SSSR count). The summed E-state index contributed by atoms with van der Waals surface area (Å²) in [6.45, 7) is 0. The van der Waals surface area contributed by atoms with E-state index in [0.717, 1.165) is 53.7 Å². The molecule has 9 heteroatoms. The normalized spacial score (nSPS) is 18.9. The van der Waals surface area contributed by atoms with Crippen molar-refractivity contribution in [2.75, 3.05) is 5.32 Å². The van der Waals surface area contributed by atoms with Gasteiger partial charge in [-0.05, 0) is 37.8 Å². The average molecular weight is 421 g/mol. The fraction of sp³-hybridized carbons (Fsp3) is 0.364. The van der Waals surface area contributed by atoms with Crippen molar-refractivity contribution in [1.82, 2.24) is 29.5 Å². The van der Waals surface area contributed by atoms with Gasteiger partial charge in [0.25, 0.3) is 5.95 Å². The van der Waals surface area contributed by atoms with Crippen LogP contribution in [0.5, 0.6) is 5.75 Å². The zero-order valence-corrected chi connectivity index (χ0v) is 17.5. The Hall–Kier alpha value is -3.49. The first-order valence-electron chi connectivity index (χ1n) is 10.4. The van der Waals surface area contributed by atoms with Crippen molar-refractivity contribution in [3.8, 4) is 17.0 Å². The molecule has 160 valence electrons.